The fourth-order valence-corrected chi connectivity index (χ4v) is 2.92. The average Bonchev–Trinajstić information content (AvgIpc) is 2.52. The summed E-state index contributed by atoms with van der Waals surface area (Å²) in [5, 5.41) is -0.525. The van der Waals surface area contributed by atoms with E-state index >= 15 is 0 Å². The monoisotopic (exact) mass is 347 g/mol. The van der Waals surface area contributed by atoms with E-state index in [9.17, 15) is 4.79 Å². The maximum atomic E-state index is 12.4. The van der Waals surface area contributed by atoms with Crippen LogP contribution in [0.1, 0.15) is 31.4 Å². The number of aryl methyl sites for hydroxylation is 2. The fraction of sp³-hybridized carbons (Fsp3) is 0.562. The molecule has 0 spiro atoms. The van der Waals surface area contributed by atoms with E-state index in [2.05, 4.69) is 31.4 Å². The van der Waals surface area contributed by atoms with Gasteiger partial charge in [-0.2, -0.15) is 11.8 Å². The zero-order valence-electron chi connectivity index (χ0n) is 12.9. The second kappa shape index (κ2) is 9.60. The first-order chi connectivity index (χ1) is 10.1. The number of hydrogen-bond donors (Lipinski definition) is 0. The Hall–Kier alpha value is -0.380. The van der Waals surface area contributed by atoms with Gasteiger partial charge in [0.15, 0.2) is 0 Å². The smallest absolute Gasteiger partial charge is 0.246 e. The molecule has 0 saturated carbocycles. The molecule has 0 aliphatic rings. The molecule has 1 rings (SSSR count). The van der Waals surface area contributed by atoms with Crippen LogP contribution in [0.2, 0.25) is 0 Å². The van der Waals surface area contributed by atoms with Gasteiger partial charge in [0.25, 0.3) is 0 Å². The molecule has 21 heavy (non-hydrogen) atoms. The lowest BCUT2D eigenvalue weighted by atomic mass is 10.0. The SMILES string of the molecule is CCc1ccc(CCSC)cc1N(CCl)C(=O)C(Cl)CC. The molecule has 0 radical (unpaired) electrons. The van der Waals surface area contributed by atoms with E-state index in [0.29, 0.717) is 6.42 Å². The number of alkyl halides is 2. The zero-order valence-corrected chi connectivity index (χ0v) is 15.2. The number of thioether (sulfide) groups is 1. The topological polar surface area (TPSA) is 20.3 Å². The van der Waals surface area contributed by atoms with Gasteiger partial charge in [-0.25, -0.2) is 0 Å². The van der Waals surface area contributed by atoms with E-state index in [4.69, 9.17) is 23.2 Å². The molecule has 1 atom stereocenters. The molecule has 5 heteroatoms. The Morgan fingerprint density at radius 3 is 2.62 bits per heavy atom. The number of amides is 1. The zero-order chi connectivity index (χ0) is 15.8. The van der Waals surface area contributed by atoms with Crippen LogP contribution in [0.15, 0.2) is 18.2 Å². The summed E-state index contributed by atoms with van der Waals surface area (Å²) in [7, 11) is 0. The van der Waals surface area contributed by atoms with Gasteiger partial charge in [-0.1, -0.05) is 26.0 Å². The van der Waals surface area contributed by atoms with E-state index in [1.165, 1.54) is 5.56 Å². The number of rotatable bonds is 8. The first-order valence-electron chi connectivity index (χ1n) is 7.21. The van der Waals surface area contributed by atoms with Crippen molar-refractivity contribution in [3.8, 4) is 0 Å². The van der Waals surface area contributed by atoms with Crippen LogP contribution >= 0.6 is 35.0 Å². The van der Waals surface area contributed by atoms with E-state index in [0.717, 1.165) is 29.8 Å². The molecule has 0 N–H and O–H groups in total. The molecule has 0 heterocycles. The van der Waals surface area contributed by atoms with Crippen molar-refractivity contribution in [3.63, 3.8) is 0 Å². The maximum Gasteiger partial charge on any atom is 0.246 e. The average molecular weight is 348 g/mol. The van der Waals surface area contributed by atoms with Gasteiger partial charge in [-0.15, -0.1) is 23.2 Å². The number of anilines is 1. The first kappa shape index (κ1) is 18.7. The number of carbonyl (C=O) groups excluding carboxylic acids is 1. The Balaban J connectivity index is 3.13. The number of hydrogen-bond acceptors (Lipinski definition) is 2. The minimum absolute atomic E-state index is 0.120. The van der Waals surface area contributed by atoms with Crippen LogP contribution in [-0.2, 0) is 17.6 Å². The van der Waals surface area contributed by atoms with Crippen LogP contribution in [0.25, 0.3) is 0 Å². The van der Waals surface area contributed by atoms with Crippen LogP contribution in [0, 0.1) is 0 Å². The highest BCUT2D eigenvalue weighted by atomic mass is 35.5. The second-order valence-corrected chi connectivity index (χ2v) is 6.57. The molecule has 0 aliphatic heterocycles. The van der Waals surface area contributed by atoms with E-state index in [-0.39, 0.29) is 11.9 Å². The number of carbonyl (C=O) groups is 1. The quantitative estimate of drug-likeness (QED) is 0.501. The van der Waals surface area contributed by atoms with Gasteiger partial charge in [0.2, 0.25) is 5.91 Å². The third-order valence-corrected chi connectivity index (χ3v) is 4.77. The van der Waals surface area contributed by atoms with E-state index in [1.54, 1.807) is 4.90 Å². The lowest BCUT2D eigenvalue weighted by Gasteiger charge is -2.25. The van der Waals surface area contributed by atoms with Gasteiger partial charge in [-0.3, -0.25) is 9.69 Å². The van der Waals surface area contributed by atoms with Crippen molar-refractivity contribution in [3.05, 3.63) is 29.3 Å². The Morgan fingerprint density at radius 1 is 1.38 bits per heavy atom. The standard InChI is InChI=1S/C16H23Cl2NOS/c1-4-13-7-6-12(8-9-21-3)10-15(13)19(11-17)16(20)14(18)5-2/h6-7,10,14H,4-5,8-9,11H2,1-3H3. The Bertz CT molecular complexity index is 468. The second-order valence-electron chi connectivity index (χ2n) is 4.82. The van der Waals surface area contributed by atoms with Crippen molar-refractivity contribution in [2.45, 2.75) is 38.5 Å². The molecule has 0 saturated heterocycles. The molecule has 0 aliphatic carbocycles. The third-order valence-electron chi connectivity index (χ3n) is 3.43. The minimum atomic E-state index is -0.525. The van der Waals surface area contributed by atoms with Crippen LogP contribution in [0.4, 0.5) is 5.69 Å². The molecule has 118 valence electrons. The molecular weight excluding hydrogens is 325 g/mol. The Morgan fingerprint density at radius 2 is 2.10 bits per heavy atom. The molecule has 2 nitrogen and oxygen atoms in total. The fourth-order valence-electron chi connectivity index (χ4n) is 2.12. The molecule has 1 amide bonds. The predicted molar refractivity (Wildman–Crippen MR) is 96.0 cm³/mol. The van der Waals surface area contributed by atoms with Crippen LogP contribution in [0.5, 0.6) is 0 Å². The van der Waals surface area contributed by atoms with Crippen molar-refractivity contribution in [2.24, 2.45) is 0 Å². The number of nitrogens with zero attached hydrogens (tertiary/aromatic N) is 1. The van der Waals surface area contributed by atoms with Crippen molar-refractivity contribution in [2.75, 3.05) is 22.9 Å². The van der Waals surface area contributed by atoms with Crippen molar-refractivity contribution >= 4 is 46.6 Å². The van der Waals surface area contributed by atoms with Gasteiger partial charge < -0.3 is 0 Å². The largest absolute Gasteiger partial charge is 0.297 e. The summed E-state index contributed by atoms with van der Waals surface area (Å²) in [4.78, 5) is 14.0. The summed E-state index contributed by atoms with van der Waals surface area (Å²) in [6.07, 6.45) is 4.54. The minimum Gasteiger partial charge on any atom is -0.297 e. The normalized spacial score (nSPS) is 12.2. The van der Waals surface area contributed by atoms with Crippen LogP contribution in [0.3, 0.4) is 0 Å². The van der Waals surface area contributed by atoms with Gasteiger partial charge in [0, 0.05) is 5.69 Å². The summed E-state index contributed by atoms with van der Waals surface area (Å²) in [6, 6.07) is 6.43. The summed E-state index contributed by atoms with van der Waals surface area (Å²) < 4.78 is 0. The molecule has 0 bridgehead atoms. The number of benzene rings is 1. The van der Waals surface area contributed by atoms with Gasteiger partial charge in [-0.05, 0) is 48.5 Å². The van der Waals surface area contributed by atoms with Crippen molar-refractivity contribution < 1.29 is 4.79 Å². The summed E-state index contributed by atoms with van der Waals surface area (Å²) in [5.74, 6) is 0.943. The molecule has 1 aromatic carbocycles. The van der Waals surface area contributed by atoms with E-state index in [1.807, 2.05) is 18.7 Å². The van der Waals surface area contributed by atoms with Crippen molar-refractivity contribution in [1.29, 1.82) is 0 Å². The van der Waals surface area contributed by atoms with E-state index < -0.39 is 5.38 Å². The van der Waals surface area contributed by atoms with Gasteiger partial charge in [0.1, 0.15) is 11.4 Å². The first-order valence-corrected chi connectivity index (χ1v) is 9.57. The molecule has 0 aromatic heterocycles. The highest BCUT2D eigenvalue weighted by molar-refractivity contribution is 7.98. The lowest BCUT2D eigenvalue weighted by molar-refractivity contribution is -0.118. The predicted octanol–water partition coefficient (Wildman–Crippen LogP) is 4.70. The molecule has 1 unspecified atom stereocenters. The molecule has 0 fully saturated rings. The molecular formula is C16H23Cl2NOS. The Kier molecular flexibility index (Phi) is 8.53. The van der Waals surface area contributed by atoms with Crippen LogP contribution < -0.4 is 4.90 Å². The maximum absolute atomic E-state index is 12.4. The summed E-state index contributed by atoms with van der Waals surface area (Å²) >= 11 is 13.9. The summed E-state index contributed by atoms with van der Waals surface area (Å²) in [6.45, 7) is 3.98. The van der Waals surface area contributed by atoms with Crippen LogP contribution in [-0.4, -0.2) is 29.3 Å². The molecule has 1 aromatic rings. The summed E-state index contributed by atoms with van der Waals surface area (Å²) in [5.41, 5.74) is 3.24. The Labute approximate surface area is 142 Å². The highest BCUT2D eigenvalue weighted by Gasteiger charge is 2.23. The highest BCUT2D eigenvalue weighted by Crippen LogP contribution is 2.26. The number of halogens is 2. The van der Waals surface area contributed by atoms with Crippen molar-refractivity contribution in [1.82, 2.24) is 0 Å². The van der Waals surface area contributed by atoms with Gasteiger partial charge in [0.05, 0.1) is 0 Å². The van der Waals surface area contributed by atoms with Gasteiger partial charge >= 0.3 is 0 Å². The lowest BCUT2D eigenvalue weighted by Crippen LogP contribution is -2.36. The third kappa shape index (κ3) is 5.08.